The van der Waals surface area contributed by atoms with Gasteiger partial charge in [0, 0.05) is 5.69 Å². The molecule has 1 aromatic carbocycles. The van der Waals surface area contributed by atoms with Crippen molar-refractivity contribution in [3.8, 4) is 0 Å². The van der Waals surface area contributed by atoms with Crippen molar-refractivity contribution in [1.82, 2.24) is 0 Å². The van der Waals surface area contributed by atoms with Crippen molar-refractivity contribution in [1.29, 1.82) is 0 Å². The number of nitrogens with one attached hydrogen (secondary N) is 1. The van der Waals surface area contributed by atoms with Crippen LogP contribution in [0.25, 0.3) is 0 Å². The van der Waals surface area contributed by atoms with Crippen molar-refractivity contribution in [2.45, 2.75) is 31.0 Å². The van der Waals surface area contributed by atoms with Crippen molar-refractivity contribution in [2.24, 2.45) is 0 Å². The number of hydrogen-bond acceptors (Lipinski definition) is 7. The molecule has 1 rings (SSSR count). The molecule has 0 aliphatic heterocycles. The van der Waals surface area contributed by atoms with Crippen LogP contribution in [0.1, 0.15) is 5.56 Å². The van der Waals surface area contributed by atoms with E-state index in [2.05, 4.69) is 5.32 Å². The third kappa shape index (κ3) is 4.74. The number of anilines is 1. The Hall–Kier alpha value is -1.55. The van der Waals surface area contributed by atoms with Gasteiger partial charge in [-0.3, -0.25) is 4.79 Å². The molecule has 8 heteroatoms. The molecule has 0 aliphatic carbocycles. The highest BCUT2D eigenvalue weighted by Gasteiger charge is 2.34. The van der Waals surface area contributed by atoms with Gasteiger partial charge in [0.1, 0.15) is 18.3 Å². The second-order valence-corrected chi connectivity index (χ2v) is 4.52. The number of benzene rings is 1. The number of hydrogen-bond donors (Lipinski definition) is 7. The summed E-state index contributed by atoms with van der Waals surface area (Å²) in [5, 5.41) is 57.5. The molecule has 118 valence electrons. The molecular weight excluding hydrogens is 282 g/mol. The second kappa shape index (κ2) is 8.03. The van der Waals surface area contributed by atoms with E-state index in [4.69, 9.17) is 15.3 Å². The van der Waals surface area contributed by atoms with E-state index in [1.165, 1.54) is 12.1 Å². The molecule has 0 heterocycles. The van der Waals surface area contributed by atoms with Gasteiger partial charge in [0.15, 0.2) is 6.10 Å². The Bertz CT molecular complexity index is 450. The molecule has 0 saturated heterocycles. The van der Waals surface area contributed by atoms with Gasteiger partial charge in [-0.05, 0) is 17.7 Å². The van der Waals surface area contributed by atoms with E-state index < -0.39 is 36.9 Å². The van der Waals surface area contributed by atoms with Crippen molar-refractivity contribution in [3.63, 3.8) is 0 Å². The van der Waals surface area contributed by atoms with E-state index in [0.717, 1.165) is 0 Å². The predicted molar refractivity (Wildman–Crippen MR) is 72.1 cm³/mol. The predicted octanol–water partition coefficient (Wildman–Crippen LogP) is -2.45. The van der Waals surface area contributed by atoms with E-state index in [1.807, 2.05) is 0 Å². The van der Waals surface area contributed by atoms with Crippen LogP contribution in [0.5, 0.6) is 0 Å². The molecule has 8 nitrogen and oxygen atoms in total. The van der Waals surface area contributed by atoms with Crippen LogP contribution in [-0.2, 0) is 11.4 Å². The molecule has 1 amide bonds. The molecule has 1 aromatic rings. The van der Waals surface area contributed by atoms with Crippen LogP contribution in [0.15, 0.2) is 24.3 Å². The lowest BCUT2D eigenvalue weighted by Crippen LogP contribution is -2.50. The maximum absolute atomic E-state index is 11.7. The van der Waals surface area contributed by atoms with Gasteiger partial charge >= 0.3 is 0 Å². The number of amides is 1. The molecule has 0 aromatic heterocycles. The lowest BCUT2D eigenvalue weighted by molar-refractivity contribution is -0.144. The Morgan fingerprint density at radius 3 is 2.05 bits per heavy atom. The van der Waals surface area contributed by atoms with Crippen LogP contribution in [0, 0.1) is 0 Å². The third-order valence-electron chi connectivity index (χ3n) is 2.93. The smallest absolute Gasteiger partial charge is 0.256 e. The average Bonchev–Trinajstić information content (AvgIpc) is 2.52. The molecular formula is C13H19NO7. The van der Waals surface area contributed by atoms with Gasteiger partial charge in [-0.2, -0.15) is 0 Å². The highest BCUT2D eigenvalue weighted by atomic mass is 16.4. The molecule has 0 spiro atoms. The SMILES string of the molecule is O=C(Nc1ccc(CO)cc1)[C@H](O)[C@@H](O)[C@H](O)[C@H](O)CO. The monoisotopic (exact) mass is 301 g/mol. The largest absolute Gasteiger partial charge is 0.394 e. The zero-order valence-corrected chi connectivity index (χ0v) is 11.1. The lowest BCUT2D eigenvalue weighted by Gasteiger charge is -2.24. The van der Waals surface area contributed by atoms with E-state index >= 15 is 0 Å². The highest BCUT2D eigenvalue weighted by molar-refractivity contribution is 5.94. The topological polar surface area (TPSA) is 150 Å². The molecule has 7 N–H and O–H groups in total. The molecule has 0 bridgehead atoms. The summed E-state index contributed by atoms with van der Waals surface area (Å²) in [6.07, 6.45) is -7.48. The zero-order valence-electron chi connectivity index (χ0n) is 11.1. The van der Waals surface area contributed by atoms with E-state index in [9.17, 15) is 20.1 Å². The Kier molecular flexibility index (Phi) is 6.69. The molecule has 0 saturated carbocycles. The molecule has 0 fully saturated rings. The number of carbonyl (C=O) groups excluding carboxylic acids is 1. The summed E-state index contributed by atoms with van der Waals surface area (Å²) in [5.41, 5.74) is 0.954. The first-order valence-corrected chi connectivity index (χ1v) is 6.24. The van der Waals surface area contributed by atoms with Gasteiger partial charge in [0.25, 0.3) is 5.91 Å². The number of aliphatic hydroxyl groups excluding tert-OH is 6. The summed E-state index contributed by atoms with van der Waals surface area (Å²) in [4.78, 5) is 11.7. The van der Waals surface area contributed by atoms with Gasteiger partial charge in [0.2, 0.25) is 0 Å². The van der Waals surface area contributed by atoms with Crippen molar-refractivity contribution in [2.75, 3.05) is 11.9 Å². The minimum Gasteiger partial charge on any atom is -0.394 e. The first-order chi connectivity index (χ1) is 9.90. The summed E-state index contributed by atoms with van der Waals surface area (Å²) >= 11 is 0. The maximum Gasteiger partial charge on any atom is 0.256 e. The second-order valence-electron chi connectivity index (χ2n) is 4.52. The third-order valence-corrected chi connectivity index (χ3v) is 2.93. The van der Waals surface area contributed by atoms with Gasteiger partial charge in [-0.15, -0.1) is 0 Å². The van der Waals surface area contributed by atoms with E-state index in [1.54, 1.807) is 12.1 Å². The van der Waals surface area contributed by atoms with Crippen LogP contribution >= 0.6 is 0 Å². The normalized spacial score (nSPS) is 16.9. The van der Waals surface area contributed by atoms with Crippen LogP contribution in [-0.4, -0.2) is 67.6 Å². The Morgan fingerprint density at radius 1 is 1.00 bits per heavy atom. The lowest BCUT2D eigenvalue weighted by atomic mass is 10.0. The number of rotatable bonds is 7. The fourth-order valence-electron chi connectivity index (χ4n) is 1.59. The Labute approximate surface area is 120 Å². The number of aliphatic hydroxyl groups is 6. The summed E-state index contributed by atoms with van der Waals surface area (Å²) in [6, 6.07) is 6.09. The van der Waals surface area contributed by atoms with Gasteiger partial charge in [-0.1, -0.05) is 12.1 Å². The van der Waals surface area contributed by atoms with Crippen LogP contribution < -0.4 is 5.32 Å². The summed E-state index contributed by atoms with van der Waals surface area (Å²) in [6.45, 7) is -0.976. The van der Waals surface area contributed by atoms with Crippen molar-refractivity contribution < 1.29 is 35.4 Å². The summed E-state index contributed by atoms with van der Waals surface area (Å²) in [5.74, 6) is -0.983. The molecule has 21 heavy (non-hydrogen) atoms. The molecule has 0 unspecified atom stereocenters. The molecule has 0 radical (unpaired) electrons. The standard InChI is InChI=1S/C13H19NO7/c15-5-7-1-3-8(4-2-7)14-13(21)12(20)11(19)10(18)9(17)6-16/h1-4,9-12,15-20H,5-6H2,(H,14,21)/t9-,10-,11+,12-/m1/s1. The van der Waals surface area contributed by atoms with Crippen molar-refractivity contribution in [3.05, 3.63) is 29.8 Å². The fourth-order valence-corrected chi connectivity index (χ4v) is 1.59. The fraction of sp³-hybridized carbons (Fsp3) is 0.462. The van der Waals surface area contributed by atoms with E-state index in [0.29, 0.717) is 11.3 Å². The number of carbonyl (C=O) groups is 1. The van der Waals surface area contributed by atoms with Crippen LogP contribution in [0.4, 0.5) is 5.69 Å². The highest BCUT2D eigenvalue weighted by Crippen LogP contribution is 2.12. The minimum atomic E-state index is -1.99. The minimum absolute atomic E-state index is 0.152. The average molecular weight is 301 g/mol. The molecule has 4 atom stereocenters. The first kappa shape index (κ1) is 17.5. The first-order valence-electron chi connectivity index (χ1n) is 6.24. The molecule has 0 aliphatic rings. The van der Waals surface area contributed by atoms with E-state index in [-0.39, 0.29) is 6.61 Å². The summed E-state index contributed by atoms with van der Waals surface area (Å²) in [7, 11) is 0. The Morgan fingerprint density at radius 2 is 1.57 bits per heavy atom. The van der Waals surface area contributed by atoms with Gasteiger partial charge < -0.3 is 36.0 Å². The Balaban J connectivity index is 2.64. The quantitative estimate of drug-likeness (QED) is 0.295. The van der Waals surface area contributed by atoms with Crippen LogP contribution in [0.2, 0.25) is 0 Å². The summed E-state index contributed by atoms with van der Waals surface area (Å²) < 4.78 is 0. The van der Waals surface area contributed by atoms with Crippen LogP contribution in [0.3, 0.4) is 0 Å². The van der Waals surface area contributed by atoms with Gasteiger partial charge in [0.05, 0.1) is 13.2 Å². The zero-order chi connectivity index (χ0) is 16.0. The maximum atomic E-state index is 11.7. The van der Waals surface area contributed by atoms with Crippen molar-refractivity contribution >= 4 is 11.6 Å². The van der Waals surface area contributed by atoms with Gasteiger partial charge in [-0.25, -0.2) is 0 Å².